The van der Waals surface area contributed by atoms with Crippen molar-refractivity contribution in [3.63, 3.8) is 0 Å². The first-order valence-corrected chi connectivity index (χ1v) is 4.77. The van der Waals surface area contributed by atoms with Gasteiger partial charge in [0.15, 0.2) is 0 Å². The molecule has 0 N–H and O–H groups in total. The van der Waals surface area contributed by atoms with Gasteiger partial charge in [0.1, 0.15) is 0 Å². The normalized spacial score (nSPS) is 14.4. The Morgan fingerprint density at radius 2 is 1.53 bits per heavy atom. The molecule has 0 aliphatic heterocycles. The van der Waals surface area contributed by atoms with Crippen LogP contribution in [0.15, 0.2) is 54.6 Å². The molecule has 0 radical (unpaired) electrons. The van der Waals surface area contributed by atoms with Gasteiger partial charge in [0.25, 0.3) is 0 Å². The lowest BCUT2D eigenvalue weighted by molar-refractivity contribution is -0.116. The summed E-state index contributed by atoms with van der Waals surface area (Å²) in [6, 6.07) is 8.63. The minimum absolute atomic E-state index is 0.369. The van der Waals surface area contributed by atoms with Crippen LogP contribution in [0.25, 0.3) is 0 Å². The van der Waals surface area contributed by atoms with Gasteiger partial charge >= 0.3 is 0 Å². The molecular weight excluding hydrogens is 188 g/mol. The molecule has 1 aromatic carbocycles. The monoisotopic (exact) mass is 198 g/mol. The molecule has 15 heavy (non-hydrogen) atoms. The SMILES string of the molecule is O=C(C(=O)C1C=CC=C1)c1ccccc1. The minimum atomic E-state index is -0.420. The van der Waals surface area contributed by atoms with Crippen LogP contribution in [0.2, 0.25) is 0 Å². The first-order chi connectivity index (χ1) is 7.29. The molecule has 1 aromatic rings. The van der Waals surface area contributed by atoms with E-state index in [1.54, 1.807) is 48.6 Å². The lowest BCUT2D eigenvalue weighted by Gasteiger charge is -2.02. The van der Waals surface area contributed by atoms with Crippen molar-refractivity contribution in [3.05, 3.63) is 60.2 Å². The van der Waals surface area contributed by atoms with Crippen LogP contribution in [-0.2, 0) is 4.79 Å². The molecule has 0 spiro atoms. The molecule has 1 aliphatic rings. The molecule has 0 atom stereocenters. The average Bonchev–Trinajstić information content (AvgIpc) is 2.82. The second kappa shape index (κ2) is 4.05. The quantitative estimate of drug-likeness (QED) is 0.551. The van der Waals surface area contributed by atoms with Crippen LogP contribution in [0.3, 0.4) is 0 Å². The Balaban J connectivity index is 2.19. The number of hydrogen-bond donors (Lipinski definition) is 0. The Hall–Kier alpha value is -1.96. The van der Waals surface area contributed by atoms with Crippen molar-refractivity contribution >= 4 is 11.6 Å². The van der Waals surface area contributed by atoms with Gasteiger partial charge in [-0.15, -0.1) is 0 Å². The average molecular weight is 198 g/mol. The zero-order valence-electron chi connectivity index (χ0n) is 8.09. The van der Waals surface area contributed by atoms with Crippen LogP contribution in [0.1, 0.15) is 10.4 Å². The third-order valence-corrected chi connectivity index (χ3v) is 2.31. The predicted octanol–water partition coefficient (Wildman–Crippen LogP) is 2.18. The largest absolute Gasteiger partial charge is 0.289 e. The number of benzene rings is 1. The molecule has 0 aromatic heterocycles. The summed E-state index contributed by atoms with van der Waals surface area (Å²) in [6.45, 7) is 0. The predicted molar refractivity (Wildman–Crippen MR) is 57.5 cm³/mol. The molecule has 0 saturated heterocycles. The van der Waals surface area contributed by atoms with E-state index in [4.69, 9.17) is 0 Å². The number of carbonyl (C=O) groups excluding carboxylic acids is 2. The number of hydrogen-bond acceptors (Lipinski definition) is 2. The number of rotatable bonds is 3. The third-order valence-electron chi connectivity index (χ3n) is 2.31. The van der Waals surface area contributed by atoms with Crippen LogP contribution in [0, 0.1) is 5.92 Å². The minimum Gasteiger partial charge on any atom is -0.289 e. The van der Waals surface area contributed by atoms with Crippen LogP contribution < -0.4 is 0 Å². The number of carbonyl (C=O) groups is 2. The van der Waals surface area contributed by atoms with Gasteiger partial charge in [0.05, 0.1) is 5.92 Å². The third kappa shape index (κ3) is 1.94. The fourth-order valence-corrected chi connectivity index (χ4v) is 1.49. The molecule has 74 valence electrons. The summed E-state index contributed by atoms with van der Waals surface area (Å²) >= 11 is 0. The zero-order valence-corrected chi connectivity index (χ0v) is 8.09. The van der Waals surface area contributed by atoms with Gasteiger partial charge in [0, 0.05) is 5.56 Å². The summed E-state index contributed by atoms with van der Waals surface area (Å²) < 4.78 is 0. The molecule has 0 saturated carbocycles. The highest BCUT2D eigenvalue weighted by Crippen LogP contribution is 2.13. The van der Waals surface area contributed by atoms with E-state index in [1.165, 1.54) is 0 Å². The molecule has 0 amide bonds. The van der Waals surface area contributed by atoms with Gasteiger partial charge in [-0.05, 0) is 0 Å². The first kappa shape index (κ1) is 9.59. The van der Waals surface area contributed by atoms with Gasteiger partial charge in [-0.1, -0.05) is 54.6 Å². The van der Waals surface area contributed by atoms with Crippen molar-refractivity contribution in [1.29, 1.82) is 0 Å². The van der Waals surface area contributed by atoms with Crippen molar-refractivity contribution < 1.29 is 9.59 Å². The highest BCUT2D eigenvalue weighted by atomic mass is 16.2. The molecule has 0 fully saturated rings. The van der Waals surface area contributed by atoms with E-state index < -0.39 is 5.78 Å². The Morgan fingerprint density at radius 3 is 2.13 bits per heavy atom. The summed E-state index contributed by atoms with van der Waals surface area (Å²) in [4.78, 5) is 23.4. The zero-order chi connectivity index (χ0) is 10.7. The van der Waals surface area contributed by atoms with E-state index in [-0.39, 0.29) is 11.7 Å². The van der Waals surface area contributed by atoms with Crippen LogP contribution in [0.4, 0.5) is 0 Å². The van der Waals surface area contributed by atoms with Crippen LogP contribution in [-0.4, -0.2) is 11.6 Å². The molecule has 1 aliphatic carbocycles. The number of Topliss-reactive ketones (excluding diaryl/α,β-unsaturated/α-hetero) is 2. The van der Waals surface area contributed by atoms with Gasteiger partial charge in [-0.2, -0.15) is 0 Å². The maximum Gasteiger partial charge on any atom is 0.229 e. The fraction of sp³-hybridized carbons (Fsp3) is 0.0769. The van der Waals surface area contributed by atoms with Crippen molar-refractivity contribution in [1.82, 2.24) is 0 Å². The van der Waals surface area contributed by atoms with Gasteiger partial charge in [-0.25, -0.2) is 0 Å². The van der Waals surface area contributed by atoms with E-state index in [2.05, 4.69) is 0 Å². The Kier molecular flexibility index (Phi) is 2.59. The summed E-state index contributed by atoms with van der Waals surface area (Å²) in [5, 5.41) is 0. The maximum absolute atomic E-state index is 11.7. The number of ketones is 2. The smallest absolute Gasteiger partial charge is 0.229 e. The summed E-state index contributed by atoms with van der Waals surface area (Å²) in [7, 11) is 0. The van der Waals surface area contributed by atoms with Crippen molar-refractivity contribution in [2.45, 2.75) is 0 Å². The molecule has 0 heterocycles. The Bertz CT molecular complexity index is 429. The topological polar surface area (TPSA) is 34.1 Å². The van der Waals surface area contributed by atoms with E-state index in [1.807, 2.05) is 6.07 Å². The van der Waals surface area contributed by atoms with Gasteiger partial charge in [0.2, 0.25) is 11.6 Å². The Morgan fingerprint density at radius 1 is 0.933 bits per heavy atom. The molecule has 0 unspecified atom stereocenters. The molecule has 2 heteroatoms. The standard InChI is InChI=1S/C13H10O2/c14-12(10-6-2-1-3-7-10)13(15)11-8-4-5-9-11/h1-9,11H. The van der Waals surface area contributed by atoms with Gasteiger partial charge in [-0.3, -0.25) is 9.59 Å². The van der Waals surface area contributed by atoms with E-state index in [0.29, 0.717) is 5.56 Å². The summed E-state index contributed by atoms with van der Waals surface area (Å²) in [5.41, 5.74) is 0.455. The van der Waals surface area contributed by atoms with Crippen molar-refractivity contribution in [2.24, 2.45) is 5.92 Å². The van der Waals surface area contributed by atoms with Crippen molar-refractivity contribution in [2.75, 3.05) is 0 Å². The Labute approximate surface area is 87.9 Å². The summed E-state index contributed by atoms with van der Waals surface area (Å²) in [5.74, 6) is -1.17. The first-order valence-electron chi connectivity index (χ1n) is 4.77. The van der Waals surface area contributed by atoms with E-state index in [0.717, 1.165) is 0 Å². The molecule has 2 rings (SSSR count). The van der Waals surface area contributed by atoms with E-state index in [9.17, 15) is 9.59 Å². The lowest BCUT2D eigenvalue weighted by atomic mass is 9.98. The summed E-state index contributed by atoms with van der Waals surface area (Å²) in [6.07, 6.45) is 7.01. The molecule has 0 bridgehead atoms. The van der Waals surface area contributed by atoms with E-state index >= 15 is 0 Å². The lowest BCUT2D eigenvalue weighted by Crippen LogP contribution is -2.20. The van der Waals surface area contributed by atoms with Crippen molar-refractivity contribution in [3.8, 4) is 0 Å². The van der Waals surface area contributed by atoms with Crippen LogP contribution >= 0.6 is 0 Å². The van der Waals surface area contributed by atoms with Gasteiger partial charge < -0.3 is 0 Å². The second-order valence-electron chi connectivity index (χ2n) is 3.35. The fourth-order valence-electron chi connectivity index (χ4n) is 1.49. The number of allylic oxidation sites excluding steroid dienone is 4. The molecular formula is C13H10O2. The van der Waals surface area contributed by atoms with Crippen LogP contribution in [0.5, 0.6) is 0 Å². The maximum atomic E-state index is 11.7. The highest BCUT2D eigenvalue weighted by Gasteiger charge is 2.22. The second-order valence-corrected chi connectivity index (χ2v) is 3.35. The highest BCUT2D eigenvalue weighted by molar-refractivity contribution is 6.45. The molecule has 2 nitrogen and oxygen atoms in total.